The molecule has 186 valence electrons. The highest BCUT2D eigenvalue weighted by atomic mass is 32.1. The summed E-state index contributed by atoms with van der Waals surface area (Å²) in [6.07, 6.45) is 3.69. The third-order valence-corrected chi connectivity index (χ3v) is 8.39. The van der Waals surface area contributed by atoms with Gasteiger partial charge < -0.3 is 20.1 Å². The molecule has 7 nitrogen and oxygen atoms in total. The third kappa shape index (κ3) is 3.34. The topological polar surface area (TPSA) is 95.4 Å². The molecule has 4 aromatic rings. The predicted octanol–water partition coefficient (Wildman–Crippen LogP) is 4.50. The number of aromatic nitrogens is 1. The first-order valence-corrected chi connectivity index (χ1v) is 12.6. The minimum absolute atomic E-state index is 0.109. The van der Waals surface area contributed by atoms with Gasteiger partial charge in [-0.05, 0) is 36.3 Å². The number of carbonyl (C=O) groups excluding carboxylic acids is 2. The van der Waals surface area contributed by atoms with E-state index in [-0.39, 0.29) is 49.6 Å². The molecular weight excluding hydrogens is 496 g/mol. The van der Waals surface area contributed by atoms with Crippen LogP contribution >= 0.6 is 11.3 Å². The number of piperazine rings is 1. The van der Waals surface area contributed by atoms with Crippen LogP contribution < -0.4 is 5.73 Å². The number of anilines is 1. The number of thiophene rings is 1. The Bertz CT molecular complexity index is 1700. The Morgan fingerprint density at radius 3 is 2.76 bits per heavy atom. The van der Waals surface area contributed by atoms with E-state index < -0.39 is 11.6 Å². The molecule has 1 unspecified atom stereocenters. The number of aryl methyl sites for hydroxylation is 1. The highest BCUT2D eigenvalue weighted by Crippen LogP contribution is 2.44. The first kappa shape index (κ1) is 23.2. The second kappa shape index (κ2) is 8.42. The summed E-state index contributed by atoms with van der Waals surface area (Å²) in [7, 11) is 0. The maximum atomic E-state index is 16.0. The lowest BCUT2D eigenvalue weighted by Gasteiger charge is -2.42. The van der Waals surface area contributed by atoms with E-state index in [1.165, 1.54) is 24.3 Å². The number of halogens is 2. The third-order valence-electron chi connectivity index (χ3n) is 7.36. The summed E-state index contributed by atoms with van der Waals surface area (Å²) in [5.41, 5.74) is 7.48. The summed E-state index contributed by atoms with van der Waals surface area (Å²) < 4.78 is 32.7. The van der Waals surface area contributed by atoms with Gasteiger partial charge in [0.2, 0.25) is 5.91 Å². The minimum Gasteiger partial charge on any atom is -0.389 e. The Balaban J connectivity index is 1.54. The van der Waals surface area contributed by atoms with Crippen LogP contribution in [0.5, 0.6) is 0 Å². The highest BCUT2D eigenvalue weighted by Gasteiger charge is 2.36. The summed E-state index contributed by atoms with van der Waals surface area (Å²) in [4.78, 5) is 29.3. The molecule has 0 bridgehead atoms. The number of rotatable bonds is 2. The molecule has 10 heteroatoms. The second-order valence-corrected chi connectivity index (χ2v) is 10.3. The molecule has 2 aromatic carbocycles. The lowest BCUT2D eigenvalue weighted by molar-refractivity contribution is -0.128. The van der Waals surface area contributed by atoms with E-state index in [0.717, 1.165) is 11.3 Å². The van der Waals surface area contributed by atoms with Crippen LogP contribution in [0.15, 0.2) is 43.1 Å². The van der Waals surface area contributed by atoms with Crippen LogP contribution in [0.3, 0.4) is 0 Å². The first-order valence-electron chi connectivity index (χ1n) is 11.8. The number of nitrogens with two attached hydrogens (primary N) is 1. The van der Waals surface area contributed by atoms with E-state index >= 15 is 4.39 Å². The zero-order valence-corrected chi connectivity index (χ0v) is 20.4. The van der Waals surface area contributed by atoms with Crippen molar-refractivity contribution >= 4 is 49.1 Å². The average Bonchev–Trinajstić information content (AvgIpc) is 3.47. The van der Waals surface area contributed by atoms with Gasteiger partial charge in [-0.3, -0.25) is 9.59 Å². The number of fused-ring (bicyclic) bond motifs is 2. The van der Waals surface area contributed by atoms with Gasteiger partial charge in [0.05, 0.1) is 27.4 Å². The van der Waals surface area contributed by atoms with Crippen molar-refractivity contribution in [2.75, 3.05) is 25.4 Å². The fraction of sp³-hybridized carbons (Fsp3) is 0.222. The van der Waals surface area contributed by atoms with Gasteiger partial charge in [-0.2, -0.15) is 5.26 Å². The molecule has 2 amide bonds. The molecule has 1 fully saturated rings. The molecule has 2 aromatic heterocycles. The average molecular weight is 518 g/mol. The van der Waals surface area contributed by atoms with Crippen molar-refractivity contribution in [1.82, 2.24) is 14.4 Å². The zero-order chi connectivity index (χ0) is 26.0. The Kier molecular flexibility index (Phi) is 5.28. The van der Waals surface area contributed by atoms with E-state index in [1.807, 2.05) is 16.8 Å². The molecule has 0 saturated carbocycles. The SMILES string of the molecule is C=CC(=O)N1CCN2C(=O)c3cc(F)c(-c4ccc(F)c5sc(N)c(C#N)c45)c4ccn(c34)CCC2C1. The molecule has 2 aliphatic heterocycles. The van der Waals surface area contributed by atoms with Gasteiger partial charge >= 0.3 is 0 Å². The van der Waals surface area contributed by atoms with Crippen molar-refractivity contribution in [2.24, 2.45) is 0 Å². The van der Waals surface area contributed by atoms with Gasteiger partial charge in [0.1, 0.15) is 22.7 Å². The van der Waals surface area contributed by atoms with Gasteiger partial charge in [-0.1, -0.05) is 12.6 Å². The van der Waals surface area contributed by atoms with Crippen LogP contribution in [0.1, 0.15) is 22.3 Å². The molecular formula is C27H21F2N5O2S. The normalized spacial score (nSPS) is 17.4. The van der Waals surface area contributed by atoms with Crippen LogP contribution in [-0.4, -0.2) is 51.9 Å². The molecule has 2 N–H and O–H groups in total. The summed E-state index contributed by atoms with van der Waals surface area (Å²) in [5.74, 6) is -1.65. The van der Waals surface area contributed by atoms with Gasteiger partial charge in [0, 0.05) is 48.7 Å². The van der Waals surface area contributed by atoms with Gasteiger partial charge in [-0.25, -0.2) is 8.78 Å². The number of hydrogen-bond donors (Lipinski definition) is 1. The number of nitrogens with zero attached hydrogens (tertiary/aromatic N) is 4. The van der Waals surface area contributed by atoms with Crippen LogP contribution in [0.4, 0.5) is 13.8 Å². The molecule has 1 saturated heterocycles. The minimum atomic E-state index is -0.646. The molecule has 4 heterocycles. The van der Waals surface area contributed by atoms with Crippen molar-refractivity contribution < 1.29 is 18.4 Å². The Morgan fingerprint density at radius 2 is 2.00 bits per heavy atom. The van der Waals surface area contributed by atoms with Crippen molar-refractivity contribution in [2.45, 2.75) is 19.0 Å². The van der Waals surface area contributed by atoms with Crippen LogP contribution in [0.25, 0.3) is 32.1 Å². The van der Waals surface area contributed by atoms with Gasteiger partial charge in [0.25, 0.3) is 5.91 Å². The quantitative estimate of drug-likeness (QED) is 0.396. The molecule has 1 atom stereocenters. The van der Waals surface area contributed by atoms with E-state index in [2.05, 4.69) is 6.58 Å². The Morgan fingerprint density at radius 1 is 1.19 bits per heavy atom. The molecule has 0 spiro atoms. The number of nitrogen functional groups attached to an aromatic ring is 1. The predicted molar refractivity (Wildman–Crippen MR) is 138 cm³/mol. The van der Waals surface area contributed by atoms with Crippen LogP contribution in [-0.2, 0) is 11.3 Å². The van der Waals surface area contributed by atoms with Crippen LogP contribution in [0.2, 0.25) is 0 Å². The lowest BCUT2D eigenvalue weighted by Crippen LogP contribution is -2.57. The molecule has 0 radical (unpaired) electrons. The maximum absolute atomic E-state index is 16.0. The lowest BCUT2D eigenvalue weighted by atomic mass is 9.93. The monoisotopic (exact) mass is 517 g/mol. The largest absolute Gasteiger partial charge is 0.389 e. The first-order chi connectivity index (χ1) is 17.8. The van der Waals surface area contributed by atoms with Crippen molar-refractivity contribution in [3.05, 3.63) is 65.9 Å². The second-order valence-electron chi connectivity index (χ2n) is 9.23. The molecule has 37 heavy (non-hydrogen) atoms. The summed E-state index contributed by atoms with van der Waals surface area (Å²) in [5, 5.41) is 10.6. The maximum Gasteiger partial charge on any atom is 0.256 e. The van der Waals surface area contributed by atoms with Crippen molar-refractivity contribution in [1.29, 1.82) is 5.26 Å². The van der Waals surface area contributed by atoms with Crippen molar-refractivity contribution in [3.8, 4) is 17.2 Å². The number of nitriles is 1. The van der Waals surface area contributed by atoms with E-state index in [4.69, 9.17) is 5.73 Å². The van der Waals surface area contributed by atoms with Crippen LogP contribution in [0, 0.1) is 23.0 Å². The van der Waals surface area contributed by atoms with E-state index in [0.29, 0.717) is 49.1 Å². The standard InChI is InChI=1S/C27H21F2N5O2S/c1-2-21(35)33-9-10-34-14(13-33)5-7-32-8-6-16-22(20(29)11-17(24(16)32)27(34)36)15-3-4-19(28)25-23(15)18(12-30)26(31)37-25/h2-4,6,8,11,14H,1,5,7,9-10,13,31H2. The Hall–Kier alpha value is -4.23. The number of amides is 2. The number of hydrogen-bond acceptors (Lipinski definition) is 5. The summed E-state index contributed by atoms with van der Waals surface area (Å²) in [6, 6.07) is 7.51. The number of benzene rings is 2. The highest BCUT2D eigenvalue weighted by molar-refractivity contribution is 7.23. The van der Waals surface area contributed by atoms with E-state index in [9.17, 15) is 19.2 Å². The van der Waals surface area contributed by atoms with E-state index in [1.54, 1.807) is 15.9 Å². The van der Waals surface area contributed by atoms with Gasteiger partial charge in [-0.15, -0.1) is 11.3 Å². The molecule has 6 rings (SSSR count). The Labute approximate surface area is 214 Å². The van der Waals surface area contributed by atoms with Gasteiger partial charge in [0.15, 0.2) is 0 Å². The zero-order valence-electron chi connectivity index (χ0n) is 19.6. The molecule has 2 aliphatic rings. The summed E-state index contributed by atoms with van der Waals surface area (Å²) >= 11 is 0.954. The summed E-state index contributed by atoms with van der Waals surface area (Å²) in [6.45, 7) is 5.22. The molecule has 0 aliphatic carbocycles. The smallest absolute Gasteiger partial charge is 0.256 e. The fourth-order valence-corrected chi connectivity index (χ4v) is 6.59. The number of carbonyl (C=O) groups is 2. The van der Waals surface area contributed by atoms with Crippen molar-refractivity contribution in [3.63, 3.8) is 0 Å². The fourth-order valence-electron chi connectivity index (χ4n) is 5.64.